The highest BCUT2D eigenvalue weighted by molar-refractivity contribution is 6.03. The molecular weight excluding hydrogens is 392 g/mol. The van der Waals surface area contributed by atoms with Gasteiger partial charge in [0.25, 0.3) is 0 Å². The van der Waals surface area contributed by atoms with E-state index in [1.807, 2.05) is 36.5 Å². The van der Waals surface area contributed by atoms with E-state index in [1.165, 1.54) is 5.56 Å². The summed E-state index contributed by atoms with van der Waals surface area (Å²) in [5.41, 5.74) is 1.39. The molecule has 2 aromatic rings. The summed E-state index contributed by atoms with van der Waals surface area (Å²) in [6.07, 6.45) is 7.22. The third kappa shape index (κ3) is 3.19. The summed E-state index contributed by atoms with van der Waals surface area (Å²) in [5.74, 6) is -0.601. The molecule has 1 aromatic carbocycles. The number of fused-ring (bicyclic) bond motifs is 1. The first-order chi connectivity index (χ1) is 14.9. The molecule has 3 aliphatic rings. The van der Waals surface area contributed by atoms with Crippen molar-refractivity contribution in [3.8, 4) is 0 Å². The Labute approximate surface area is 182 Å². The second-order valence-corrected chi connectivity index (χ2v) is 9.10. The molecule has 31 heavy (non-hydrogen) atoms. The van der Waals surface area contributed by atoms with Crippen molar-refractivity contribution in [3.05, 3.63) is 60.4 Å². The summed E-state index contributed by atoms with van der Waals surface area (Å²) in [4.78, 5) is 30.3. The first-order valence-corrected chi connectivity index (χ1v) is 10.9. The molecule has 2 bridgehead atoms. The van der Waals surface area contributed by atoms with Gasteiger partial charge in [0, 0.05) is 31.7 Å². The van der Waals surface area contributed by atoms with Crippen molar-refractivity contribution < 1.29 is 14.3 Å². The molecule has 2 saturated heterocycles. The number of likely N-dealkylation sites (N-methyl/N-ethyl adjacent to an activating group) is 1. The molecule has 2 fully saturated rings. The quantitative estimate of drug-likeness (QED) is 0.674. The van der Waals surface area contributed by atoms with Crippen molar-refractivity contribution in [2.45, 2.75) is 38.0 Å². The van der Waals surface area contributed by atoms with Crippen molar-refractivity contribution in [2.75, 3.05) is 25.0 Å². The van der Waals surface area contributed by atoms with Gasteiger partial charge in [0.15, 0.2) is 0 Å². The average Bonchev–Trinajstić information content (AvgIpc) is 3.54. The Hall–Kier alpha value is -2.93. The minimum absolute atomic E-state index is 0.0250. The van der Waals surface area contributed by atoms with Crippen LogP contribution in [0.25, 0.3) is 0 Å². The van der Waals surface area contributed by atoms with Crippen molar-refractivity contribution >= 4 is 17.5 Å². The summed E-state index contributed by atoms with van der Waals surface area (Å²) >= 11 is 0. The van der Waals surface area contributed by atoms with E-state index in [2.05, 4.69) is 31.1 Å². The van der Waals surface area contributed by atoms with Crippen LogP contribution in [0, 0.1) is 11.8 Å². The van der Waals surface area contributed by atoms with Crippen molar-refractivity contribution in [3.63, 3.8) is 0 Å². The number of ether oxygens (including phenoxy) is 1. The highest BCUT2D eigenvalue weighted by atomic mass is 16.5. The van der Waals surface area contributed by atoms with Crippen LogP contribution in [0.2, 0.25) is 0 Å². The molecule has 0 N–H and O–H groups in total. The zero-order valence-corrected chi connectivity index (χ0v) is 18.1. The van der Waals surface area contributed by atoms with E-state index in [4.69, 9.17) is 4.74 Å². The summed E-state index contributed by atoms with van der Waals surface area (Å²) < 4.78 is 8.06. The van der Waals surface area contributed by atoms with Gasteiger partial charge in [0.05, 0.1) is 31.0 Å². The number of benzene rings is 1. The van der Waals surface area contributed by atoms with Crippen LogP contribution in [0.5, 0.6) is 0 Å². The van der Waals surface area contributed by atoms with Crippen LogP contribution in [0.15, 0.2) is 54.9 Å². The average molecular weight is 421 g/mol. The molecule has 0 unspecified atom stereocenters. The Balaban J connectivity index is 1.35. The largest absolute Gasteiger partial charge is 0.360 e. The fraction of sp³-hybridized carbons (Fsp3) is 0.458. The molecule has 4 atom stereocenters. The normalized spacial score (nSPS) is 28.6. The van der Waals surface area contributed by atoms with Crippen LogP contribution in [-0.2, 0) is 20.9 Å². The van der Waals surface area contributed by atoms with E-state index in [-0.39, 0.29) is 17.9 Å². The smallest absolute Gasteiger partial charge is 0.234 e. The maximum absolute atomic E-state index is 13.5. The molecule has 2 amide bonds. The number of carbonyl (C=O) groups excluding carboxylic acids is 2. The Morgan fingerprint density at radius 2 is 2.10 bits per heavy atom. The van der Waals surface area contributed by atoms with E-state index < -0.39 is 17.4 Å². The second-order valence-electron chi connectivity index (χ2n) is 9.10. The topological polar surface area (TPSA) is 67.7 Å². The Bertz CT molecular complexity index is 1010. The summed E-state index contributed by atoms with van der Waals surface area (Å²) in [6.45, 7) is 5.89. The lowest BCUT2D eigenvalue weighted by Crippen LogP contribution is -2.45. The number of carbonyl (C=O) groups is 2. The van der Waals surface area contributed by atoms with Crippen LogP contribution >= 0.6 is 0 Å². The molecule has 1 spiro atoms. The van der Waals surface area contributed by atoms with E-state index in [0.29, 0.717) is 25.6 Å². The number of hydrogen-bond donors (Lipinski definition) is 0. The lowest BCUT2D eigenvalue weighted by atomic mass is 9.76. The molecule has 7 nitrogen and oxygen atoms in total. The fourth-order valence-corrected chi connectivity index (χ4v) is 5.09. The fourth-order valence-electron chi connectivity index (χ4n) is 5.09. The minimum Gasteiger partial charge on any atom is -0.360 e. The molecule has 1 aromatic heterocycles. The Morgan fingerprint density at radius 3 is 2.77 bits per heavy atom. The Morgan fingerprint density at radius 1 is 1.32 bits per heavy atom. The van der Waals surface area contributed by atoms with E-state index >= 15 is 0 Å². The standard InChI is InChI=1S/C24H28N4O3/c1-16(2)17-5-7-18(8-6-17)28-15-24-10-9-19(31-24)20(21(24)23(28)30)22(29)26(3)13-14-27-12-4-11-25-27/h4-12,16,19-21H,13-15H2,1-3H3/t19-,20+,21+,24-/m0/s1. The number of nitrogens with zero attached hydrogens (tertiary/aromatic N) is 4. The summed E-state index contributed by atoms with van der Waals surface area (Å²) in [7, 11) is 1.79. The number of amides is 2. The van der Waals surface area contributed by atoms with Gasteiger partial charge in [-0.2, -0.15) is 5.10 Å². The van der Waals surface area contributed by atoms with Gasteiger partial charge < -0.3 is 14.5 Å². The summed E-state index contributed by atoms with van der Waals surface area (Å²) in [5, 5.41) is 4.19. The van der Waals surface area contributed by atoms with Gasteiger partial charge in [-0.25, -0.2) is 0 Å². The third-order valence-electron chi connectivity index (χ3n) is 6.86. The van der Waals surface area contributed by atoms with Crippen molar-refractivity contribution in [1.29, 1.82) is 0 Å². The third-order valence-corrected chi connectivity index (χ3v) is 6.86. The maximum atomic E-state index is 13.5. The van der Waals surface area contributed by atoms with Crippen LogP contribution in [0.1, 0.15) is 25.3 Å². The van der Waals surface area contributed by atoms with Crippen LogP contribution in [0.4, 0.5) is 5.69 Å². The van der Waals surface area contributed by atoms with E-state index in [0.717, 1.165) is 5.69 Å². The first kappa shape index (κ1) is 20.0. The molecule has 7 heteroatoms. The Kier molecular flexibility index (Phi) is 4.73. The van der Waals surface area contributed by atoms with Crippen molar-refractivity contribution in [2.24, 2.45) is 11.8 Å². The molecular formula is C24H28N4O3. The van der Waals surface area contributed by atoms with Crippen LogP contribution < -0.4 is 4.90 Å². The highest BCUT2D eigenvalue weighted by Crippen LogP contribution is 2.53. The number of rotatable bonds is 6. The molecule has 0 aliphatic carbocycles. The number of anilines is 1. The number of hydrogen-bond acceptors (Lipinski definition) is 4. The zero-order chi connectivity index (χ0) is 21.8. The van der Waals surface area contributed by atoms with Gasteiger partial charge in [-0.05, 0) is 29.7 Å². The molecule has 3 aliphatic heterocycles. The van der Waals surface area contributed by atoms with Gasteiger partial charge >= 0.3 is 0 Å². The SMILES string of the molecule is CC(C)c1ccc(N2C[C@]34C=C[C@H](O3)[C@@H](C(=O)N(C)CCn3cccn3)[C@@H]4C2=O)cc1. The molecule has 4 heterocycles. The predicted octanol–water partition coefficient (Wildman–Crippen LogP) is 2.45. The van der Waals surface area contributed by atoms with E-state index in [9.17, 15) is 9.59 Å². The lowest BCUT2D eigenvalue weighted by molar-refractivity contribution is -0.139. The first-order valence-electron chi connectivity index (χ1n) is 10.9. The van der Waals surface area contributed by atoms with Gasteiger partial charge in [-0.15, -0.1) is 0 Å². The van der Waals surface area contributed by atoms with E-state index in [1.54, 1.807) is 27.7 Å². The summed E-state index contributed by atoms with van der Waals surface area (Å²) in [6, 6.07) is 9.99. The lowest BCUT2D eigenvalue weighted by Gasteiger charge is -2.27. The van der Waals surface area contributed by atoms with Gasteiger partial charge in [0.1, 0.15) is 5.60 Å². The second kappa shape index (κ2) is 7.34. The molecule has 5 rings (SSSR count). The molecule has 0 saturated carbocycles. The van der Waals surface area contributed by atoms with Gasteiger partial charge in [0.2, 0.25) is 11.8 Å². The van der Waals surface area contributed by atoms with Crippen LogP contribution in [-0.4, -0.2) is 58.3 Å². The zero-order valence-electron chi connectivity index (χ0n) is 18.1. The van der Waals surface area contributed by atoms with Gasteiger partial charge in [-0.3, -0.25) is 14.3 Å². The van der Waals surface area contributed by atoms with Gasteiger partial charge in [-0.1, -0.05) is 38.1 Å². The van der Waals surface area contributed by atoms with Crippen molar-refractivity contribution in [1.82, 2.24) is 14.7 Å². The number of aromatic nitrogens is 2. The monoisotopic (exact) mass is 420 g/mol. The van der Waals surface area contributed by atoms with Crippen LogP contribution in [0.3, 0.4) is 0 Å². The predicted molar refractivity (Wildman–Crippen MR) is 116 cm³/mol. The molecule has 162 valence electrons. The maximum Gasteiger partial charge on any atom is 0.234 e. The molecule has 0 radical (unpaired) electrons. The highest BCUT2D eigenvalue weighted by Gasteiger charge is 2.67. The minimum atomic E-state index is -0.707.